The molecule has 0 saturated heterocycles. The Kier molecular flexibility index (Phi) is 3.14. The summed E-state index contributed by atoms with van der Waals surface area (Å²) in [6.07, 6.45) is 5.06. The van der Waals surface area contributed by atoms with Crippen LogP contribution in [0.15, 0.2) is 34.4 Å². The number of halogens is 1. The molecule has 0 atom stereocenters. The van der Waals surface area contributed by atoms with Crippen molar-refractivity contribution >= 4 is 29.2 Å². The summed E-state index contributed by atoms with van der Waals surface area (Å²) in [4.78, 5) is 9.18. The van der Waals surface area contributed by atoms with Gasteiger partial charge in [0.2, 0.25) is 0 Å². The zero-order valence-electron chi connectivity index (χ0n) is 9.69. The van der Waals surface area contributed by atoms with Crippen LogP contribution in [0.5, 0.6) is 0 Å². The average molecular weight is 278 g/mol. The fourth-order valence-electron chi connectivity index (χ4n) is 2.16. The Balaban J connectivity index is 1.90. The molecule has 5 heteroatoms. The van der Waals surface area contributed by atoms with Gasteiger partial charge in [0.15, 0.2) is 0 Å². The van der Waals surface area contributed by atoms with Gasteiger partial charge in [0, 0.05) is 4.90 Å². The lowest BCUT2D eigenvalue weighted by molar-refractivity contribution is 0.911. The number of aryl methyl sites for hydroxylation is 2. The summed E-state index contributed by atoms with van der Waals surface area (Å²) in [5.41, 5.74) is 8.58. The summed E-state index contributed by atoms with van der Waals surface area (Å²) in [6, 6.07) is 6.54. The van der Waals surface area contributed by atoms with E-state index in [-0.39, 0.29) is 0 Å². The van der Waals surface area contributed by atoms with E-state index in [1.54, 1.807) is 0 Å². The topological polar surface area (TPSA) is 51.8 Å². The van der Waals surface area contributed by atoms with Crippen LogP contribution in [0.2, 0.25) is 5.02 Å². The first-order chi connectivity index (χ1) is 8.74. The molecule has 92 valence electrons. The Morgan fingerprint density at radius 1 is 1.17 bits per heavy atom. The Labute approximate surface area is 115 Å². The van der Waals surface area contributed by atoms with E-state index in [0.29, 0.717) is 15.9 Å². The molecule has 0 unspecified atom stereocenters. The lowest BCUT2D eigenvalue weighted by Gasteiger charge is -2.06. The molecule has 2 N–H and O–H groups in total. The van der Waals surface area contributed by atoms with Crippen LogP contribution in [-0.4, -0.2) is 9.97 Å². The minimum atomic E-state index is 0.329. The maximum atomic E-state index is 6.09. The van der Waals surface area contributed by atoms with E-state index in [1.165, 1.54) is 48.5 Å². The fourth-order valence-corrected chi connectivity index (χ4v) is 3.23. The normalized spacial score (nSPS) is 13.6. The van der Waals surface area contributed by atoms with Gasteiger partial charge in [-0.15, -0.1) is 0 Å². The molecule has 0 spiro atoms. The standard InChI is InChI=1S/C13H12ClN3S/c14-11-12(15)16-7-17-13(11)18-10-5-4-8-2-1-3-9(8)6-10/h4-7H,1-3H2,(H2,15,16,17). The Morgan fingerprint density at radius 2 is 2.00 bits per heavy atom. The molecule has 1 heterocycles. The highest BCUT2D eigenvalue weighted by Crippen LogP contribution is 2.35. The molecule has 1 aromatic carbocycles. The van der Waals surface area contributed by atoms with Gasteiger partial charge in [-0.25, -0.2) is 9.97 Å². The quantitative estimate of drug-likeness (QED) is 0.856. The van der Waals surface area contributed by atoms with Crippen molar-refractivity contribution in [1.82, 2.24) is 9.97 Å². The van der Waals surface area contributed by atoms with E-state index < -0.39 is 0 Å². The molecule has 0 saturated carbocycles. The minimum absolute atomic E-state index is 0.329. The van der Waals surface area contributed by atoms with Gasteiger partial charge in [0.05, 0.1) is 0 Å². The SMILES string of the molecule is Nc1ncnc(Sc2ccc3c(c2)CCC3)c1Cl. The smallest absolute Gasteiger partial charge is 0.146 e. The number of aromatic nitrogens is 2. The zero-order chi connectivity index (χ0) is 12.5. The molecule has 2 aromatic rings. The Hall–Kier alpha value is -1.26. The van der Waals surface area contributed by atoms with Gasteiger partial charge in [-0.2, -0.15) is 0 Å². The molecule has 1 aliphatic carbocycles. The predicted molar refractivity (Wildman–Crippen MR) is 74.0 cm³/mol. The third-order valence-electron chi connectivity index (χ3n) is 3.07. The van der Waals surface area contributed by atoms with E-state index in [2.05, 4.69) is 28.2 Å². The monoisotopic (exact) mass is 277 g/mol. The van der Waals surface area contributed by atoms with E-state index in [4.69, 9.17) is 17.3 Å². The second-order valence-electron chi connectivity index (χ2n) is 4.26. The number of benzene rings is 1. The van der Waals surface area contributed by atoms with Crippen LogP contribution in [0.25, 0.3) is 0 Å². The van der Waals surface area contributed by atoms with Crippen molar-refractivity contribution in [3.63, 3.8) is 0 Å². The number of rotatable bonds is 2. The maximum Gasteiger partial charge on any atom is 0.146 e. The first-order valence-corrected chi connectivity index (χ1v) is 6.99. The fraction of sp³-hybridized carbons (Fsp3) is 0.231. The highest BCUT2D eigenvalue weighted by molar-refractivity contribution is 7.99. The lowest BCUT2D eigenvalue weighted by Crippen LogP contribution is -1.94. The lowest BCUT2D eigenvalue weighted by atomic mass is 10.1. The molecule has 0 radical (unpaired) electrons. The Bertz CT molecular complexity index is 601. The number of nitrogens with zero attached hydrogens (tertiary/aromatic N) is 2. The molecule has 1 aromatic heterocycles. The van der Waals surface area contributed by atoms with E-state index in [0.717, 1.165) is 4.90 Å². The highest BCUT2D eigenvalue weighted by Gasteiger charge is 2.13. The molecular weight excluding hydrogens is 266 g/mol. The first-order valence-electron chi connectivity index (χ1n) is 5.79. The summed E-state index contributed by atoms with van der Waals surface area (Å²) in [7, 11) is 0. The van der Waals surface area contributed by atoms with Gasteiger partial charge in [0.25, 0.3) is 0 Å². The van der Waals surface area contributed by atoms with Crippen molar-refractivity contribution in [1.29, 1.82) is 0 Å². The molecule has 3 nitrogen and oxygen atoms in total. The number of hydrogen-bond donors (Lipinski definition) is 1. The highest BCUT2D eigenvalue weighted by atomic mass is 35.5. The minimum Gasteiger partial charge on any atom is -0.382 e. The van der Waals surface area contributed by atoms with E-state index in [1.807, 2.05) is 0 Å². The first kappa shape index (κ1) is 11.8. The molecule has 18 heavy (non-hydrogen) atoms. The van der Waals surface area contributed by atoms with Crippen molar-refractivity contribution in [3.8, 4) is 0 Å². The summed E-state index contributed by atoms with van der Waals surface area (Å²) < 4.78 is 0. The van der Waals surface area contributed by atoms with Crippen LogP contribution in [0, 0.1) is 0 Å². The summed E-state index contributed by atoms with van der Waals surface area (Å²) in [5, 5.41) is 1.14. The van der Waals surface area contributed by atoms with Crippen molar-refractivity contribution < 1.29 is 0 Å². The summed E-state index contributed by atoms with van der Waals surface area (Å²) in [5.74, 6) is 0.329. The summed E-state index contributed by atoms with van der Waals surface area (Å²) >= 11 is 7.62. The van der Waals surface area contributed by atoms with Gasteiger partial charge < -0.3 is 5.73 Å². The van der Waals surface area contributed by atoms with Gasteiger partial charge >= 0.3 is 0 Å². The number of anilines is 1. The molecule has 1 aliphatic rings. The van der Waals surface area contributed by atoms with Crippen LogP contribution in [0.3, 0.4) is 0 Å². The second-order valence-corrected chi connectivity index (χ2v) is 5.70. The van der Waals surface area contributed by atoms with Crippen LogP contribution < -0.4 is 5.73 Å². The average Bonchev–Trinajstić information content (AvgIpc) is 2.82. The number of nitrogen functional groups attached to an aromatic ring is 1. The molecule has 0 fully saturated rings. The molecule has 3 rings (SSSR count). The van der Waals surface area contributed by atoms with E-state index in [9.17, 15) is 0 Å². The summed E-state index contributed by atoms with van der Waals surface area (Å²) in [6.45, 7) is 0. The maximum absolute atomic E-state index is 6.09. The van der Waals surface area contributed by atoms with Gasteiger partial charge in [-0.1, -0.05) is 29.4 Å². The molecule has 0 amide bonds. The van der Waals surface area contributed by atoms with Crippen molar-refractivity contribution in [2.24, 2.45) is 0 Å². The third kappa shape index (κ3) is 2.18. The largest absolute Gasteiger partial charge is 0.382 e. The molecule has 0 aliphatic heterocycles. The molecule has 0 bridgehead atoms. The van der Waals surface area contributed by atoms with Gasteiger partial charge in [0.1, 0.15) is 22.2 Å². The van der Waals surface area contributed by atoms with Crippen LogP contribution in [0.4, 0.5) is 5.82 Å². The third-order valence-corrected chi connectivity index (χ3v) is 4.55. The molecular formula is C13H12ClN3S. The number of fused-ring (bicyclic) bond motifs is 1. The van der Waals surface area contributed by atoms with Crippen LogP contribution in [0.1, 0.15) is 17.5 Å². The number of nitrogens with two attached hydrogens (primary N) is 1. The van der Waals surface area contributed by atoms with Crippen molar-refractivity contribution in [3.05, 3.63) is 40.7 Å². The predicted octanol–water partition coefficient (Wildman–Crippen LogP) is 3.35. The van der Waals surface area contributed by atoms with Crippen LogP contribution >= 0.6 is 23.4 Å². The van der Waals surface area contributed by atoms with Gasteiger partial charge in [-0.3, -0.25) is 0 Å². The van der Waals surface area contributed by atoms with Crippen molar-refractivity contribution in [2.45, 2.75) is 29.2 Å². The Morgan fingerprint density at radius 3 is 2.89 bits per heavy atom. The number of hydrogen-bond acceptors (Lipinski definition) is 4. The van der Waals surface area contributed by atoms with Crippen LogP contribution in [-0.2, 0) is 12.8 Å². The second kappa shape index (κ2) is 4.78. The van der Waals surface area contributed by atoms with Gasteiger partial charge in [-0.05, 0) is 42.5 Å². The zero-order valence-corrected chi connectivity index (χ0v) is 11.3. The van der Waals surface area contributed by atoms with Crippen molar-refractivity contribution in [2.75, 3.05) is 5.73 Å². The van der Waals surface area contributed by atoms with E-state index >= 15 is 0 Å².